The molecular weight excluding hydrogens is 250 g/mol. The summed E-state index contributed by atoms with van der Waals surface area (Å²) in [6.07, 6.45) is 0.923. The molecule has 3 unspecified atom stereocenters. The van der Waals surface area contributed by atoms with Gasteiger partial charge >= 0.3 is 0 Å². The van der Waals surface area contributed by atoms with Crippen molar-refractivity contribution in [2.75, 3.05) is 6.61 Å². The topological polar surface area (TPSA) is 50.1 Å². The highest BCUT2D eigenvalue weighted by Crippen LogP contribution is 2.42. The van der Waals surface area contributed by atoms with E-state index in [4.69, 9.17) is 4.74 Å². The third-order valence-electron chi connectivity index (χ3n) is 3.69. The fraction of sp³-hybridized carbons (Fsp3) is 0.529. The van der Waals surface area contributed by atoms with Crippen molar-refractivity contribution in [2.45, 2.75) is 33.1 Å². The summed E-state index contributed by atoms with van der Waals surface area (Å²) in [5.41, 5.74) is 0.772. The van der Waals surface area contributed by atoms with Gasteiger partial charge in [0.1, 0.15) is 11.7 Å². The molecule has 0 bridgehead atoms. The van der Waals surface area contributed by atoms with E-state index in [-0.39, 0.29) is 11.7 Å². The van der Waals surface area contributed by atoms with Gasteiger partial charge in [0.15, 0.2) is 5.78 Å². The molecule has 20 heavy (non-hydrogen) atoms. The molecule has 0 amide bonds. The molecule has 0 heterocycles. The maximum atomic E-state index is 12.2. The van der Waals surface area contributed by atoms with E-state index in [1.165, 1.54) is 0 Å². The highest BCUT2D eigenvalue weighted by molar-refractivity contribution is 5.92. The monoisotopic (exact) mass is 271 g/mol. The van der Waals surface area contributed by atoms with E-state index < -0.39 is 5.92 Å². The molecule has 0 radical (unpaired) electrons. The number of hydrogen-bond donors (Lipinski definition) is 0. The summed E-state index contributed by atoms with van der Waals surface area (Å²) in [7, 11) is 0. The average Bonchev–Trinajstić information content (AvgIpc) is 3.15. The van der Waals surface area contributed by atoms with E-state index in [2.05, 4.69) is 26.8 Å². The van der Waals surface area contributed by atoms with Crippen LogP contribution in [0.4, 0.5) is 0 Å². The Bertz CT molecular complexity index is 513. The Morgan fingerprint density at radius 3 is 2.45 bits per heavy atom. The number of Topliss-reactive ketones (excluding diaryl/α,β-unsaturated/α-hetero) is 1. The smallest absolute Gasteiger partial charge is 0.157 e. The summed E-state index contributed by atoms with van der Waals surface area (Å²) in [4.78, 5) is 12.2. The van der Waals surface area contributed by atoms with Gasteiger partial charge in [-0.15, -0.1) is 0 Å². The van der Waals surface area contributed by atoms with Crippen molar-refractivity contribution >= 4 is 5.78 Å². The highest BCUT2D eigenvalue weighted by atomic mass is 16.5. The lowest BCUT2D eigenvalue weighted by molar-refractivity contribution is -0.120. The summed E-state index contributed by atoms with van der Waals surface area (Å²) < 4.78 is 5.61. The standard InChI is InChI=1S/C17H21NO2/c1-11(2)10-20-14-6-4-13(5-7-14)16(9-18)17(19)15-8-12(15)3/h4-7,11-12,15-16H,8,10H2,1-3H3. The molecule has 0 spiro atoms. The summed E-state index contributed by atoms with van der Waals surface area (Å²) in [6.45, 7) is 6.91. The largest absolute Gasteiger partial charge is 0.493 e. The molecule has 3 atom stereocenters. The number of carbonyl (C=O) groups excluding carboxylic acids is 1. The van der Waals surface area contributed by atoms with Crippen molar-refractivity contribution < 1.29 is 9.53 Å². The molecule has 0 aromatic heterocycles. The minimum absolute atomic E-state index is 0.0656. The molecule has 0 saturated heterocycles. The van der Waals surface area contributed by atoms with E-state index in [1.807, 2.05) is 24.3 Å². The zero-order valence-electron chi connectivity index (χ0n) is 12.3. The Morgan fingerprint density at radius 1 is 1.40 bits per heavy atom. The van der Waals surface area contributed by atoms with Gasteiger partial charge in [-0.25, -0.2) is 0 Å². The molecule has 3 heteroatoms. The van der Waals surface area contributed by atoms with Gasteiger partial charge in [0.05, 0.1) is 12.7 Å². The quantitative estimate of drug-likeness (QED) is 0.795. The van der Waals surface area contributed by atoms with Crippen LogP contribution in [0.15, 0.2) is 24.3 Å². The second-order valence-electron chi connectivity index (χ2n) is 6.06. The van der Waals surface area contributed by atoms with Crippen molar-refractivity contribution in [1.82, 2.24) is 0 Å². The average molecular weight is 271 g/mol. The first-order chi connectivity index (χ1) is 9.52. The van der Waals surface area contributed by atoms with Gasteiger partial charge < -0.3 is 4.74 Å². The number of nitrogens with zero attached hydrogens (tertiary/aromatic N) is 1. The normalized spacial score (nSPS) is 22.1. The molecule has 1 aliphatic rings. The van der Waals surface area contributed by atoms with Crippen LogP contribution in [0.5, 0.6) is 5.75 Å². The van der Waals surface area contributed by atoms with E-state index in [0.717, 1.165) is 17.7 Å². The van der Waals surface area contributed by atoms with Crippen LogP contribution in [0.25, 0.3) is 0 Å². The zero-order chi connectivity index (χ0) is 14.7. The second kappa shape index (κ2) is 6.09. The number of ether oxygens (including phenoxy) is 1. The third-order valence-corrected chi connectivity index (χ3v) is 3.69. The van der Waals surface area contributed by atoms with Crippen molar-refractivity contribution in [3.8, 4) is 11.8 Å². The number of rotatable bonds is 6. The second-order valence-corrected chi connectivity index (χ2v) is 6.06. The number of hydrogen-bond acceptors (Lipinski definition) is 3. The van der Waals surface area contributed by atoms with Crippen LogP contribution in [0, 0.1) is 29.1 Å². The number of ketones is 1. The fourth-order valence-electron chi connectivity index (χ4n) is 2.25. The molecular formula is C17H21NO2. The van der Waals surface area contributed by atoms with E-state index >= 15 is 0 Å². The van der Waals surface area contributed by atoms with Gasteiger partial charge in [0, 0.05) is 5.92 Å². The molecule has 106 valence electrons. The molecule has 2 rings (SSSR count). The van der Waals surface area contributed by atoms with Crippen LogP contribution < -0.4 is 4.74 Å². The Labute approximate surface area is 120 Å². The van der Waals surface area contributed by atoms with Gasteiger partial charge in [0.2, 0.25) is 0 Å². The Morgan fingerprint density at radius 2 is 2.00 bits per heavy atom. The van der Waals surface area contributed by atoms with E-state index in [0.29, 0.717) is 18.4 Å². The summed E-state index contributed by atoms with van der Waals surface area (Å²) in [5.74, 6) is 1.20. The lowest BCUT2D eigenvalue weighted by atomic mass is 9.93. The van der Waals surface area contributed by atoms with Gasteiger partial charge in [-0.05, 0) is 36.0 Å². The first-order valence-electron chi connectivity index (χ1n) is 7.19. The van der Waals surface area contributed by atoms with E-state index in [1.54, 1.807) is 0 Å². The first kappa shape index (κ1) is 14.6. The predicted octanol–water partition coefficient (Wildman–Crippen LogP) is 3.55. The molecule has 0 aliphatic heterocycles. The molecule has 0 N–H and O–H groups in total. The van der Waals surface area contributed by atoms with Crippen LogP contribution in [0.3, 0.4) is 0 Å². The number of carbonyl (C=O) groups is 1. The Kier molecular flexibility index (Phi) is 4.44. The maximum absolute atomic E-state index is 12.2. The van der Waals surface area contributed by atoms with Crippen LogP contribution in [0.1, 0.15) is 38.7 Å². The van der Waals surface area contributed by atoms with Crippen LogP contribution in [0.2, 0.25) is 0 Å². The van der Waals surface area contributed by atoms with Crippen molar-refractivity contribution in [2.24, 2.45) is 17.8 Å². The molecule has 3 nitrogen and oxygen atoms in total. The molecule has 1 aromatic carbocycles. The molecule has 1 aromatic rings. The van der Waals surface area contributed by atoms with Crippen molar-refractivity contribution in [1.29, 1.82) is 5.26 Å². The maximum Gasteiger partial charge on any atom is 0.157 e. The Balaban J connectivity index is 2.04. The number of benzene rings is 1. The minimum atomic E-state index is -0.635. The summed E-state index contributed by atoms with van der Waals surface area (Å²) >= 11 is 0. The summed E-state index contributed by atoms with van der Waals surface area (Å²) in [5, 5.41) is 9.26. The van der Waals surface area contributed by atoms with Crippen molar-refractivity contribution in [3.63, 3.8) is 0 Å². The van der Waals surface area contributed by atoms with E-state index in [9.17, 15) is 10.1 Å². The van der Waals surface area contributed by atoms with Crippen molar-refractivity contribution in [3.05, 3.63) is 29.8 Å². The fourth-order valence-corrected chi connectivity index (χ4v) is 2.25. The Hall–Kier alpha value is -1.82. The van der Waals surface area contributed by atoms with Gasteiger partial charge in [-0.2, -0.15) is 5.26 Å². The predicted molar refractivity (Wildman–Crippen MR) is 77.4 cm³/mol. The zero-order valence-corrected chi connectivity index (χ0v) is 12.3. The van der Waals surface area contributed by atoms with Gasteiger partial charge in [0.25, 0.3) is 0 Å². The molecule has 1 aliphatic carbocycles. The molecule has 1 saturated carbocycles. The van der Waals surface area contributed by atoms with Crippen LogP contribution in [-0.4, -0.2) is 12.4 Å². The third kappa shape index (κ3) is 3.39. The molecule has 1 fully saturated rings. The lowest BCUT2D eigenvalue weighted by Gasteiger charge is -2.11. The van der Waals surface area contributed by atoms with Gasteiger partial charge in [-0.1, -0.05) is 32.9 Å². The minimum Gasteiger partial charge on any atom is -0.493 e. The number of nitriles is 1. The lowest BCUT2D eigenvalue weighted by Crippen LogP contribution is -2.13. The SMILES string of the molecule is CC(C)COc1ccc(C(C#N)C(=O)C2CC2C)cc1. The first-order valence-corrected chi connectivity index (χ1v) is 7.19. The van der Waals surface area contributed by atoms with Crippen LogP contribution >= 0.6 is 0 Å². The van der Waals surface area contributed by atoms with Crippen LogP contribution in [-0.2, 0) is 4.79 Å². The van der Waals surface area contributed by atoms with Gasteiger partial charge in [-0.3, -0.25) is 4.79 Å². The summed E-state index contributed by atoms with van der Waals surface area (Å²) in [6, 6.07) is 9.47. The highest BCUT2D eigenvalue weighted by Gasteiger charge is 2.42.